The lowest BCUT2D eigenvalue weighted by Gasteiger charge is -2.01. The predicted octanol–water partition coefficient (Wildman–Crippen LogP) is 3.19. The molecule has 3 aromatic rings. The molecule has 0 aliphatic carbocycles. The van der Waals surface area contributed by atoms with E-state index in [-0.39, 0.29) is 10.2 Å². The third-order valence-corrected chi connectivity index (χ3v) is 5.89. The third kappa shape index (κ3) is 2.51. The average molecular weight is 358 g/mol. The minimum atomic E-state index is -3.60. The highest BCUT2D eigenvalue weighted by Gasteiger charge is 2.18. The molecule has 0 amide bonds. The molecule has 19 heavy (non-hydrogen) atoms. The number of sulfonamides is 1. The van der Waals surface area contributed by atoms with E-state index < -0.39 is 10.0 Å². The molecule has 2 aromatic heterocycles. The number of anilines is 1. The number of hydrogen-bond donors (Lipinski definition) is 2. The van der Waals surface area contributed by atoms with Gasteiger partial charge in [-0.25, -0.2) is 18.1 Å². The van der Waals surface area contributed by atoms with Crippen molar-refractivity contribution < 1.29 is 8.42 Å². The Balaban J connectivity index is 1.96. The van der Waals surface area contributed by atoms with Gasteiger partial charge in [0.05, 0.1) is 14.8 Å². The van der Waals surface area contributed by atoms with E-state index in [0.29, 0.717) is 5.52 Å². The predicted molar refractivity (Wildman–Crippen MR) is 78.9 cm³/mol. The Bertz CT molecular complexity index is 805. The molecule has 2 heterocycles. The molecule has 8 heteroatoms. The van der Waals surface area contributed by atoms with Crippen LogP contribution in [0.3, 0.4) is 0 Å². The summed E-state index contributed by atoms with van der Waals surface area (Å²) in [6.07, 6.45) is 0. The Labute approximate surface area is 121 Å². The summed E-state index contributed by atoms with van der Waals surface area (Å²) >= 11 is 4.39. The number of para-hydroxylation sites is 2. The largest absolute Gasteiger partial charge is 0.323 e. The molecule has 5 nitrogen and oxygen atoms in total. The Morgan fingerprint density at radius 3 is 2.68 bits per heavy atom. The van der Waals surface area contributed by atoms with Crippen molar-refractivity contribution in [3.05, 3.63) is 40.2 Å². The zero-order valence-electron chi connectivity index (χ0n) is 9.42. The standard InChI is InChI=1S/C11H8BrN3O2S2/c12-9-5-6-10(18-9)19(16,17)15-11-13-7-3-1-2-4-8(7)14-11/h1-6H,(H2,13,14,15). The van der Waals surface area contributed by atoms with E-state index in [1.165, 1.54) is 0 Å². The Kier molecular flexibility index (Phi) is 3.08. The maximum Gasteiger partial charge on any atom is 0.273 e. The van der Waals surface area contributed by atoms with Crippen LogP contribution in [0.2, 0.25) is 0 Å². The van der Waals surface area contributed by atoms with Crippen LogP contribution >= 0.6 is 27.3 Å². The van der Waals surface area contributed by atoms with Crippen LogP contribution in [0.15, 0.2) is 44.4 Å². The number of nitrogens with one attached hydrogen (secondary N) is 2. The minimum absolute atomic E-state index is 0.214. The lowest BCUT2D eigenvalue weighted by Crippen LogP contribution is -2.12. The molecule has 0 bridgehead atoms. The van der Waals surface area contributed by atoms with Gasteiger partial charge >= 0.3 is 0 Å². The Morgan fingerprint density at radius 1 is 1.21 bits per heavy atom. The summed E-state index contributed by atoms with van der Waals surface area (Å²) in [6.45, 7) is 0. The van der Waals surface area contributed by atoms with Crippen LogP contribution in [0.4, 0.5) is 5.95 Å². The quantitative estimate of drug-likeness (QED) is 0.755. The van der Waals surface area contributed by atoms with E-state index >= 15 is 0 Å². The summed E-state index contributed by atoms with van der Waals surface area (Å²) in [5, 5.41) is 0. The molecule has 0 aliphatic heterocycles. The second kappa shape index (κ2) is 4.62. The van der Waals surface area contributed by atoms with Crippen molar-refractivity contribution in [2.24, 2.45) is 0 Å². The molecular weight excluding hydrogens is 350 g/mol. The number of nitrogens with zero attached hydrogens (tertiary/aromatic N) is 1. The van der Waals surface area contributed by atoms with Gasteiger partial charge in [-0.2, -0.15) is 0 Å². The Hall–Kier alpha value is -1.38. The Morgan fingerprint density at radius 2 is 2.00 bits per heavy atom. The molecule has 3 rings (SSSR count). The first-order valence-corrected chi connectivity index (χ1v) is 8.37. The van der Waals surface area contributed by atoms with E-state index in [0.717, 1.165) is 20.6 Å². The van der Waals surface area contributed by atoms with Gasteiger partial charge in [-0.05, 0) is 40.2 Å². The fourth-order valence-electron chi connectivity index (χ4n) is 1.62. The number of thiophene rings is 1. The molecule has 0 fully saturated rings. The van der Waals surface area contributed by atoms with Crippen molar-refractivity contribution in [2.75, 3.05) is 4.72 Å². The maximum atomic E-state index is 12.1. The lowest BCUT2D eigenvalue weighted by molar-refractivity contribution is 0.603. The van der Waals surface area contributed by atoms with Crippen LogP contribution < -0.4 is 4.72 Å². The summed E-state index contributed by atoms with van der Waals surface area (Å²) in [4.78, 5) is 7.10. The zero-order valence-corrected chi connectivity index (χ0v) is 12.6. The van der Waals surface area contributed by atoms with Gasteiger partial charge in [0.15, 0.2) is 0 Å². The van der Waals surface area contributed by atoms with Crippen molar-refractivity contribution in [3.63, 3.8) is 0 Å². The summed E-state index contributed by atoms with van der Waals surface area (Å²) in [5.74, 6) is 0.214. The van der Waals surface area contributed by atoms with Crippen molar-refractivity contribution in [1.29, 1.82) is 0 Å². The van der Waals surface area contributed by atoms with E-state index in [1.54, 1.807) is 12.1 Å². The van der Waals surface area contributed by atoms with Gasteiger partial charge in [-0.1, -0.05) is 12.1 Å². The topological polar surface area (TPSA) is 74.8 Å². The van der Waals surface area contributed by atoms with Gasteiger partial charge in [0.25, 0.3) is 10.0 Å². The SMILES string of the molecule is O=S(=O)(Nc1nc2ccccc2[nH]1)c1ccc(Br)s1. The summed E-state index contributed by atoms with van der Waals surface area (Å²) in [7, 11) is -3.60. The monoisotopic (exact) mass is 357 g/mol. The maximum absolute atomic E-state index is 12.1. The second-order valence-electron chi connectivity index (χ2n) is 3.77. The van der Waals surface area contributed by atoms with E-state index in [9.17, 15) is 8.42 Å². The highest BCUT2D eigenvalue weighted by Crippen LogP contribution is 2.27. The molecular formula is C11H8BrN3O2S2. The van der Waals surface area contributed by atoms with Gasteiger partial charge < -0.3 is 4.98 Å². The molecule has 98 valence electrons. The van der Waals surface area contributed by atoms with Crippen molar-refractivity contribution in [3.8, 4) is 0 Å². The van der Waals surface area contributed by atoms with Gasteiger partial charge in [0.2, 0.25) is 5.95 Å². The molecule has 0 atom stereocenters. The van der Waals surface area contributed by atoms with Gasteiger partial charge in [-0.15, -0.1) is 11.3 Å². The number of fused-ring (bicyclic) bond motifs is 1. The first kappa shape index (κ1) is 12.6. The smallest absolute Gasteiger partial charge is 0.273 e. The zero-order chi connectivity index (χ0) is 13.5. The summed E-state index contributed by atoms with van der Waals surface area (Å²) in [5.41, 5.74) is 1.50. The van der Waals surface area contributed by atoms with Gasteiger partial charge in [0, 0.05) is 0 Å². The van der Waals surface area contributed by atoms with Crippen molar-refractivity contribution >= 4 is 54.3 Å². The van der Waals surface area contributed by atoms with E-state index in [1.807, 2.05) is 24.3 Å². The van der Waals surface area contributed by atoms with Crippen LogP contribution in [-0.2, 0) is 10.0 Å². The van der Waals surface area contributed by atoms with E-state index in [4.69, 9.17) is 0 Å². The van der Waals surface area contributed by atoms with E-state index in [2.05, 4.69) is 30.6 Å². The van der Waals surface area contributed by atoms with Crippen LogP contribution in [0, 0.1) is 0 Å². The van der Waals surface area contributed by atoms with Crippen LogP contribution in [0.25, 0.3) is 11.0 Å². The van der Waals surface area contributed by atoms with Crippen LogP contribution in [0.1, 0.15) is 0 Å². The lowest BCUT2D eigenvalue weighted by atomic mass is 10.3. The number of benzene rings is 1. The number of H-pyrrole nitrogens is 1. The molecule has 2 N–H and O–H groups in total. The second-order valence-corrected chi connectivity index (χ2v) is 8.14. The first-order valence-electron chi connectivity index (χ1n) is 5.27. The molecule has 0 spiro atoms. The number of halogens is 1. The molecule has 0 unspecified atom stereocenters. The number of hydrogen-bond acceptors (Lipinski definition) is 4. The van der Waals surface area contributed by atoms with Crippen LogP contribution in [0.5, 0.6) is 0 Å². The molecule has 0 saturated heterocycles. The minimum Gasteiger partial charge on any atom is -0.323 e. The van der Waals surface area contributed by atoms with Crippen molar-refractivity contribution in [1.82, 2.24) is 9.97 Å². The fourth-order valence-corrected chi connectivity index (χ4v) is 4.59. The van der Waals surface area contributed by atoms with Crippen LogP contribution in [-0.4, -0.2) is 18.4 Å². The number of rotatable bonds is 3. The highest BCUT2D eigenvalue weighted by molar-refractivity contribution is 9.11. The first-order chi connectivity index (χ1) is 9.04. The number of aromatic nitrogens is 2. The molecule has 0 aliphatic rings. The molecule has 0 saturated carbocycles. The van der Waals surface area contributed by atoms with Gasteiger partial charge in [0.1, 0.15) is 4.21 Å². The fraction of sp³-hybridized carbons (Fsp3) is 0. The highest BCUT2D eigenvalue weighted by atomic mass is 79.9. The average Bonchev–Trinajstić information content (AvgIpc) is 2.94. The number of aromatic amines is 1. The molecule has 1 aromatic carbocycles. The van der Waals surface area contributed by atoms with Gasteiger partial charge in [-0.3, -0.25) is 0 Å². The third-order valence-electron chi connectivity index (χ3n) is 2.43. The number of imidazole rings is 1. The summed E-state index contributed by atoms with van der Waals surface area (Å²) in [6, 6.07) is 10.6. The van der Waals surface area contributed by atoms with Crippen molar-refractivity contribution in [2.45, 2.75) is 4.21 Å². The normalized spacial score (nSPS) is 11.8. The summed E-state index contributed by atoms with van der Waals surface area (Å²) < 4.78 is 27.7. The molecule has 0 radical (unpaired) electrons.